The lowest BCUT2D eigenvalue weighted by atomic mass is 9.94. The molecular formula is C29H22Cl2N2O4S. The number of amides is 1. The minimum Gasteiger partial charge on any atom is -0.507 e. The first-order chi connectivity index (χ1) is 18.1. The molecule has 0 spiro atoms. The molecule has 2 aliphatic heterocycles. The molecule has 6 rings (SSSR count). The van der Waals surface area contributed by atoms with Crippen LogP contribution in [0.1, 0.15) is 40.8 Å². The smallest absolute Gasteiger partial charge is 0.301 e. The molecule has 0 bridgehead atoms. The van der Waals surface area contributed by atoms with Crippen LogP contribution in [0.15, 0.2) is 54.1 Å². The number of hydrogen-bond acceptors (Lipinski definition) is 6. The average molecular weight is 565 g/mol. The molecule has 6 nitrogen and oxygen atoms in total. The third-order valence-corrected chi connectivity index (χ3v) is 8.64. The molecule has 1 amide bonds. The first kappa shape index (κ1) is 24.9. The summed E-state index contributed by atoms with van der Waals surface area (Å²) in [7, 11) is 0. The van der Waals surface area contributed by atoms with Crippen molar-refractivity contribution >= 4 is 67.3 Å². The zero-order chi connectivity index (χ0) is 26.9. The molecular weight excluding hydrogens is 543 g/mol. The van der Waals surface area contributed by atoms with Gasteiger partial charge in [0.1, 0.15) is 17.6 Å². The topological polar surface area (TPSA) is 79.7 Å². The van der Waals surface area contributed by atoms with Gasteiger partial charge in [-0.3, -0.25) is 14.5 Å². The number of aryl methyl sites for hydroxylation is 2. The van der Waals surface area contributed by atoms with E-state index in [4.69, 9.17) is 32.9 Å². The predicted octanol–water partition coefficient (Wildman–Crippen LogP) is 7.17. The normalized spacial score (nSPS) is 20.3. The standard InChI is InChI=1S/C29H22Cl2N2O4S/c1-13-8-14(2)24-22(9-13)38-29(32-24)33-25(16-4-6-19(30)20(31)12-16)23(27(35)28(33)36)26(34)17-5-7-21-18(11-17)10-15(3)37-21/h4-9,11-12,15,25,34H,10H2,1-3H3/b26-23+/t15-,25-/m1/s1. The van der Waals surface area contributed by atoms with Gasteiger partial charge >= 0.3 is 5.91 Å². The van der Waals surface area contributed by atoms with Gasteiger partial charge in [-0.15, -0.1) is 0 Å². The molecule has 1 fully saturated rings. The largest absolute Gasteiger partial charge is 0.507 e. The van der Waals surface area contributed by atoms with E-state index in [0.717, 1.165) is 32.7 Å². The Kier molecular flexibility index (Phi) is 5.98. The maximum absolute atomic E-state index is 13.6. The van der Waals surface area contributed by atoms with Gasteiger partial charge < -0.3 is 9.84 Å². The summed E-state index contributed by atoms with van der Waals surface area (Å²) in [4.78, 5) is 33.2. The number of carbonyl (C=O) groups excluding carboxylic acids is 2. The van der Waals surface area contributed by atoms with E-state index in [1.165, 1.54) is 16.2 Å². The van der Waals surface area contributed by atoms with E-state index in [-0.39, 0.29) is 22.5 Å². The highest BCUT2D eigenvalue weighted by Crippen LogP contribution is 2.46. The molecule has 38 heavy (non-hydrogen) atoms. The van der Waals surface area contributed by atoms with Gasteiger partial charge in [-0.1, -0.05) is 46.7 Å². The molecule has 0 saturated carbocycles. The Bertz CT molecular complexity index is 1710. The number of halogens is 2. The number of fused-ring (bicyclic) bond motifs is 2. The number of Topliss-reactive ketones (excluding diaryl/α,β-unsaturated/α-hetero) is 1. The summed E-state index contributed by atoms with van der Waals surface area (Å²) in [6, 6.07) is 13.3. The number of rotatable bonds is 3. The number of aliphatic hydroxyl groups excluding tert-OH is 1. The number of aliphatic hydroxyl groups is 1. The van der Waals surface area contributed by atoms with Crippen LogP contribution in [0.2, 0.25) is 10.0 Å². The Balaban J connectivity index is 1.56. The maximum atomic E-state index is 13.6. The SMILES string of the molecule is Cc1cc(C)c2nc(N3C(=O)C(=O)/C(=C(/O)c4ccc5c(c4)C[C@@H](C)O5)[C@H]3c3ccc(Cl)c(Cl)c3)sc2c1. The third kappa shape index (κ3) is 3.97. The monoisotopic (exact) mass is 564 g/mol. The summed E-state index contributed by atoms with van der Waals surface area (Å²) in [6.45, 7) is 5.93. The molecule has 192 valence electrons. The summed E-state index contributed by atoms with van der Waals surface area (Å²) in [5, 5.41) is 12.5. The van der Waals surface area contributed by atoms with Crippen LogP contribution in [0.3, 0.4) is 0 Å². The van der Waals surface area contributed by atoms with Crippen molar-refractivity contribution in [2.45, 2.75) is 39.3 Å². The Labute approximate surface area is 233 Å². The van der Waals surface area contributed by atoms with Crippen molar-refractivity contribution in [1.82, 2.24) is 4.98 Å². The molecule has 0 aliphatic carbocycles. The molecule has 0 radical (unpaired) electrons. The highest BCUT2D eigenvalue weighted by Gasteiger charge is 2.48. The van der Waals surface area contributed by atoms with E-state index in [1.807, 2.05) is 32.9 Å². The molecule has 4 aromatic rings. The van der Waals surface area contributed by atoms with Crippen LogP contribution in [0, 0.1) is 13.8 Å². The van der Waals surface area contributed by atoms with Crippen LogP contribution in [0.5, 0.6) is 5.75 Å². The summed E-state index contributed by atoms with van der Waals surface area (Å²) in [6.07, 6.45) is 0.709. The van der Waals surface area contributed by atoms with E-state index >= 15 is 0 Å². The van der Waals surface area contributed by atoms with Crippen LogP contribution >= 0.6 is 34.5 Å². The van der Waals surface area contributed by atoms with Gasteiger partial charge in [-0.25, -0.2) is 4.98 Å². The van der Waals surface area contributed by atoms with Crippen molar-refractivity contribution in [3.8, 4) is 5.75 Å². The zero-order valence-corrected chi connectivity index (χ0v) is 23.0. The highest BCUT2D eigenvalue weighted by atomic mass is 35.5. The molecule has 1 N–H and O–H groups in total. The second kappa shape index (κ2) is 9.12. The van der Waals surface area contributed by atoms with Gasteiger partial charge in [0.25, 0.3) is 5.78 Å². The van der Waals surface area contributed by atoms with E-state index in [9.17, 15) is 14.7 Å². The Morgan fingerprint density at radius 2 is 1.87 bits per heavy atom. The van der Waals surface area contributed by atoms with Crippen molar-refractivity contribution < 1.29 is 19.4 Å². The Morgan fingerprint density at radius 1 is 1.08 bits per heavy atom. The molecule has 1 aromatic heterocycles. The van der Waals surface area contributed by atoms with Crippen LogP contribution in [-0.4, -0.2) is 27.9 Å². The van der Waals surface area contributed by atoms with Crippen molar-refractivity contribution in [2.24, 2.45) is 0 Å². The van der Waals surface area contributed by atoms with E-state index in [1.54, 1.807) is 36.4 Å². The number of aromatic nitrogens is 1. The van der Waals surface area contributed by atoms with Crippen LogP contribution in [0.25, 0.3) is 16.0 Å². The molecule has 2 atom stereocenters. The van der Waals surface area contributed by atoms with Gasteiger partial charge in [-0.2, -0.15) is 0 Å². The molecule has 1 saturated heterocycles. The summed E-state index contributed by atoms with van der Waals surface area (Å²) in [5.41, 5.74) is 4.66. The average Bonchev–Trinajstić information content (AvgIpc) is 3.53. The minimum absolute atomic E-state index is 0.0234. The second-order valence-electron chi connectivity index (χ2n) is 9.72. The number of nitrogens with zero attached hydrogens (tertiary/aromatic N) is 2. The van der Waals surface area contributed by atoms with Crippen LogP contribution in [0.4, 0.5) is 5.13 Å². The summed E-state index contributed by atoms with van der Waals surface area (Å²) in [5.74, 6) is -1.09. The van der Waals surface area contributed by atoms with Crippen molar-refractivity contribution in [3.05, 3.63) is 92.0 Å². The van der Waals surface area contributed by atoms with Crippen LogP contribution < -0.4 is 9.64 Å². The fourth-order valence-corrected chi connectivity index (χ4v) is 6.69. The summed E-state index contributed by atoms with van der Waals surface area (Å²) < 4.78 is 6.68. The first-order valence-electron chi connectivity index (χ1n) is 12.1. The van der Waals surface area contributed by atoms with Crippen molar-refractivity contribution in [1.29, 1.82) is 0 Å². The lowest BCUT2D eigenvalue weighted by Gasteiger charge is -2.23. The maximum Gasteiger partial charge on any atom is 0.301 e. The van der Waals surface area contributed by atoms with Gasteiger partial charge in [0, 0.05) is 12.0 Å². The first-order valence-corrected chi connectivity index (χ1v) is 13.6. The van der Waals surface area contributed by atoms with E-state index < -0.39 is 17.7 Å². The number of benzene rings is 3. The molecule has 3 heterocycles. The molecule has 9 heteroatoms. The van der Waals surface area contributed by atoms with Gasteiger partial charge in [0.05, 0.1) is 31.9 Å². The van der Waals surface area contributed by atoms with Gasteiger partial charge in [-0.05, 0) is 79.4 Å². The Morgan fingerprint density at radius 3 is 2.63 bits per heavy atom. The van der Waals surface area contributed by atoms with Crippen molar-refractivity contribution in [2.75, 3.05) is 4.90 Å². The fourth-order valence-electron chi connectivity index (χ4n) is 5.21. The van der Waals surface area contributed by atoms with Gasteiger partial charge in [0.2, 0.25) is 0 Å². The second-order valence-corrected chi connectivity index (χ2v) is 11.5. The van der Waals surface area contributed by atoms with E-state index in [2.05, 4.69) is 0 Å². The zero-order valence-electron chi connectivity index (χ0n) is 20.7. The van der Waals surface area contributed by atoms with Gasteiger partial charge in [0.15, 0.2) is 5.13 Å². The highest BCUT2D eigenvalue weighted by molar-refractivity contribution is 7.22. The number of ether oxygens (including phenoxy) is 1. The van der Waals surface area contributed by atoms with Crippen LogP contribution in [-0.2, 0) is 16.0 Å². The fraction of sp³-hybridized carbons (Fsp3) is 0.207. The number of hydrogen-bond donors (Lipinski definition) is 1. The molecule has 2 aliphatic rings. The number of thiazole rings is 1. The minimum atomic E-state index is -0.949. The lowest BCUT2D eigenvalue weighted by molar-refractivity contribution is -0.132. The van der Waals surface area contributed by atoms with Crippen molar-refractivity contribution in [3.63, 3.8) is 0 Å². The Hall–Kier alpha value is -3.39. The number of carbonyl (C=O) groups is 2. The molecule has 0 unspecified atom stereocenters. The molecule has 3 aromatic carbocycles. The quantitative estimate of drug-likeness (QED) is 0.162. The third-order valence-electron chi connectivity index (χ3n) is 6.90. The predicted molar refractivity (Wildman–Crippen MR) is 151 cm³/mol. The number of ketones is 1. The number of anilines is 1. The lowest BCUT2D eigenvalue weighted by Crippen LogP contribution is -2.29. The summed E-state index contributed by atoms with van der Waals surface area (Å²) >= 11 is 13.9. The van der Waals surface area contributed by atoms with E-state index in [0.29, 0.717) is 27.7 Å².